The highest BCUT2D eigenvalue weighted by Gasteiger charge is 2.27. The number of hydrogen-bond donors (Lipinski definition) is 12. The molecule has 35 heteroatoms. The van der Waals surface area contributed by atoms with Crippen LogP contribution in [0.5, 0.6) is 0 Å². The molecule has 628 valence electrons. The number of carbonyl (C=O) groups is 10. The van der Waals surface area contributed by atoms with Crippen LogP contribution in [0.25, 0.3) is 0 Å². The number of nitrogens with two attached hydrogens (primary N) is 2. The van der Waals surface area contributed by atoms with Crippen molar-refractivity contribution < 1.29 is 62.2 Å². The van der Waals surface area contributed by atoms with Gasteiger partial charge in [0.2, 0.25) is 41.4 Å². The minimum Gasteiger partial charge on any atom is -0.381 e. The summed E-state index contributed by atoms with van der Waals surface area (Å²) in [5.74, 6) is -4.65. The van der Waals surface area contributed by atoms with Crippen molar-refractivity contribution in [2.75, 3.05) is 113 Å². The Labute approximate surface area is 675 Å². The molecular formula is C74H138N16O13S6. The fourth-order valence-electron chi connectivity index (χ4n) is 10.2. The van der Waals surface area contributed by atoms with E-state index in [4.69, 9.17) is 25.7 Å². The Hall–Kier alpha value is -5.04. The fourth-order valence-corrected chi connectivity index (χ4v) is 15.2. The summed E-state index contributed by atoms with van der Waals surface area (Å²) in [4.78, 5) is 132. The Morgan fingerprint density at radius 3 is 0.890 bits per heavy atom. The quantitative estimate of drug-likeness (QED) is 0.00885. The van der Waals surface area contributed by atoms with E-state index in [0.29, 0.717) is 58.9 Å². The van der Waals surface area contributed by atoms with Gasteiger partial charge in [-0.25, -0.2) is 21.3 Å². The lowest BCUT2D eigenvalue weighted by Crippen LogP contribution is -2.51. The molecule has 0 spiro atoms. The fraction of sp³-hybridized carbons (Fsp3) is 0.811. The van der Waals surface area contributed by atoms with E-state index in [1.807, 2.05) is 0 Å². The van der Waals surface area contributed by atoms with Gasteiger partial charge in [0.15, 0.2) is 5.96 Å². The van der Waals surface area contributed by atoms with Crippen molar-refractivity contribution in [3.63, 3.8) is 0 Å². The third-order valence-corrected chi connectivity index (χ3v) is 22.6. The van der Waals surface area contributed by atoms with E-state index in [1.54, 1.807) is 18.6 Å². The van der Waals surface area contributed by atoms with Gasteiger partial charge in [0.05, 0.1) is 54.3 Å². The third kappa shape index (κ3) is 76.7. The van der Waals surface area contributed by atoms with Gasteiger partial charge in [-0.05, 0) is 32.1 Å². The second-order valence-corrected chi connectivity index (χ2v) is 33.5. The van der Waals surface area contributed by atoms with Gasteiger partial charge in [-0.2, -0.15) is 15.3 Å². The number of hydrazone groups is 3. The van der Waals surface area contributed by atoms with Crippen LogP contribution < -0.4 is 65.0 Å². The monoisotopic (exact) mass is 1650 g/mol. The lowest BCUT2D eigenvalue weighted by Gasteiger charge is -2.21. The molecule has 0 heterocycles. The number of unbranched alkanes of at least 4 members (excludes halogenated alkanes) is 27. The van der Waals surface area contributed by atoms with Gasteiger partial charge in [0.1, 0.15) is 12.1 Å². The molecule has 0 bridgehead atoms. The van der Waals surface area contributed by atoms with Crippen LogP contribution in [0.3, 0.4) is 0 Å². The number of guanidine groups is 1. The Morgan fingerprint density at radius 1 is 0.321 bits per heavy atom. The van der Waals surface area contributed by atoms with E-state index in [0.717, 1.165) is 36.5 Å². The molecule has 0 aromatic heterocycles. The highest BCUT2D eigenvalue weighted by Crippen LogP contribution is 2.22. The average Bonchev–Trinajstić information content (AvgIpc) is 0.889. The molecule has 29 nitrogen and oxygen atoms in total. The van der Waals surface area contributed by atoms with Crippen LogP contribution in [0.2, 0.25) is 0 Å². The average molecular weight is 1650 g/mol. The van der Waals surface area contributed by atoms with Crippen molar-refractivity contribution in [2.45, 2.75) is 270 Å². The van der Waals surface area contributed by atoms with Crippen molar-refractivity contribution in [1.29, 1.82) is 0 Å². The number of rotatable bonds is 79. The maximum atomic E-state index is 13.8. The van der Waals surface area contributed by atoms with Crippen molar-refractivity contribution in [2.24, 2.45) is 31.8 Å². The minimum atomic E-state index is -1.34. The maximum absolute atomic E-state index is 13.8. The summed E-state index contributed by atoms with van der Waals surface area (Å²) in [6.07, 6.45) is 43.5. The van der Waals surface area contributed by atoms with E-state index < -0.39 is 41.7 Å². The van der Waals surface area contributed by atoms with Crippen LogP contribution in [-0.4, -0.2) is 209 Å². The normalized spacial score (nSPS) is 11.8. The molecule has 0 aromatic rings. The predicted octanol–water partition coefficient (Wildman–Crippen LogP) is 9.80. The summed E-state index contributed by atoms with van der Waals surface area (Å²) in [7, 11) is 7.08. The molecule has 10 amide bonds. The van der Waals surface area contributed by atoms with Crippen molar-refractivity contribution in [3.05, 3.63) is 0 Å². The minimum absolute atomic E-state index is 0.000736. The first-order chi connectivity index (χ1) is 53.1. The summed E-state index contributed by atoms with van der Waals surface area (Å²) in [6, 6.07) is -2.66. The second-order valence-electron chi connectivity index (χ2n) is 26.1. The van der Waals surface area contributed by atoms with Crippen LogP contribution in [0.15, 0.2) is 20.3 Å². The zero-order valence-electron chi connectivity index (χ0n) is 66.0. The summed E-state index contributed by atoms with van der Waals surface area (Å²) in [6.45, 7) is 10.6. The van der Waals surface area contributed by atoms with E-state index in [1.165, 1.54) is 221 Å². The number of carbonyl (C=O) groups excluding carboxylic acids is 10. The van der Waals surface area contributed by atoms with Crippen LogP contribution in [0, 0.1) is 0 Å². The molecule has 0 rings (SSSR count). The molecule has 109 heavy (non-hydrogen) atoms. The molecule has 0 unspecified atom stereocenters. The lowest BCUT2D eigenvalue weighted by molar-refractivity contribution is -0.130. The van der Waals surface area contributed by atoms with Gasteiger partial charge in [-0.1, -0.05) is 259 Å². The Kier molecular flexibility index (Phi) is 77.2. The lowest BCUT2D eigenvalue weighted by atomic mass is 10.1. The molecule has 0 aliphatic carbocycles. The zero-order chi connectivity index (χ0) is 79.8. The van der Waals surface area contributed by atoms with E-state index in [-0.39, 0.29) is 135 Å². The largest absolute Gasteiger partial charge is 0.381 e. The number of hydrogen-bond acceptors (Lipinski definition) is 23. The molecule has 2 atom stereocenters. The molecule has 0 aliphatic rings. The van der Waals surface area contributed by atoms with Crippen LogP contribution in [-0.2, 0) is 62.2 Å². The Morgan fingerprint density at radius 2 is 0.587 bits per heavy atom. The Balaban J connectivity index is 5.01. The van der Waals surface area contributed by atoms with Crippen molar-refractivity contribution in [1.82, 2.24) is 53.5 Å². The number of aliphatic imine (C=N–C) groups is 1. The molecule has 0 fully saturated rings. The van der Waals surface area contributed by atoms with Crippen molar-refractivity contribution >= 4 is 148 Å². The summed E-state index contributed by atoms with van der Waals surface area (Å²) in [5.41, 5.74) is 18.8. The number of nitrogens with one attached hydrogen (secondary N) is 10. The van der Waals surface area contributed by atoms with Gasteiger partial charge in [0.25, 0.3) is 17.7 Å². The third-order valence-electron chi connectivity index (χ3n) is 16.2. The topological polar surface area (TPSA) is 420 Å². The molecule has 0 saturated heterocycles. The molecule has 0 aliphatic heterocycles. The SMILES string of the molecule is CCCCCCCCCCCCOCC/C=N\NC(=O)CSSCC(=O)NCCNC(=O)CC[C@H](N=C(N)N)C(=O)N[C@@H](CCC(=O)NCCNC(=O)CSSCC(=O)N/N=C\CCOCCCCCCCCCCCC)C(=O)NCCNC(=O)CSSCC(=O)N/N=C\CCOCCCCCCCCCCCC. The molecule has 14 N–H and O–H groups in total. The predicted molar refractivity (Wildman–Crippen MR) is 455 cm³/mol. The number of amides is 10. The van der Waals surface area contributed by atoms with Gasteiger partial charge >= 0.3 is 0 Å². The van der Waals surface area contributed by atoms with Gasteiger partial charge < -0.3 is 62.9 Å². The second kappa shape index (κ2) is 81.0. The highest BCUT2D eigenvalue weighted by molar-refractivity contribution is 8.77. The Bertz CT molecular complexity index is 2480. The van der Waals surface area contributed by atoms with Crippen LogP contribution in [0.1, 0.15) is 258 Å². The molecule has 0 radical (unpaired) electrons. The maximum Gasteiger partial charge on any atom is 0.250 e. The van der Waals surface area contributed by atoms with Gasteiger partial charge in [0, 0.05) is 110 Å². The zero-order valence-corrected chi connectivity index (χ0v) is 70.9. The highest BCUT2D eigenvalue weighted by atomic mass is 33.1. The first-order valence-corrected chi connectivity index (χ1v) is 47.5. The smallest absolute Gasteiger partial charge is 0.250 e. The number of ether oxygens (including phenoxy) is 3. The summed E-state index contributed by atoms with van der Waals surface area (Å²) in [5, 5.41) is 30.5. The summed E-state index contributed by atoms with van der Waals surface area (Å²) < 4.78 is 17.0. The molecule has 0 aromatic carbocycles. The van der Waals surface area contributed by atoms with E-state index in [2.05, 4.69) is 94.6 Å². The summed E-state index contributed by atoms with van der Waals surface area (Å²) >= 11 is 0. The van der Waals surface area contributed by atoms with Gasteiger partial charge in [-0.3, -0.25) is 47.9 Å². The standard InChI is InChI=1S/C74H138N16O13S6/c1-4-7-10-13-16-19-22-25-28-31-50-101-53-34-41-83-88-69(96)59-107-104-56-66(93)79-46-44-77-64(91)39-37-62(72(99)82-49-48-81-68(95)58-106-109-61-71(98)90-85-43-36-55-103-52-33-30-27-24-21-18-15-12-9-6-3)86-73(100)63(87-74(75)76)38-40-65(92)78-45-47-80-67(94)57-105-108-60-70(97)89-84-42-35-54-102-51-32-29-26-23-20-17-14-11-8-5-2/h41-43,62-63H,4-40,44-61H2,1-3H3,(H,77,91)(H,78,92)(H,79,93)(H,80,94)(H,81,95)(H,82,99)(H,86,100)(H,88,96)(H,89,97)(H,90,98)(H4,75,76,87)/b83-41-,84-42-,85-43-/t62-,63-/m0/s1. The van der Waals surface area contributed by atoms with E-state index >= 15 is 0 Å². The molecule has 0 saturated carbocycles. The van der Waals surface area contributed by atoms with Crippen LogP contribution in [0.4, 0.5) is 0 Å². The van der Waals surface area contributed by atoms with E-state index in [9.17, 15) is 47.9 Å². The first-order valence-electron chi connectivity index (χ1n) is 40.0. The van der Waals surface area contributed by atoms with Crippen LogP contribution >= 0.6 is 64.8 Å². The van der Waals surface area contributed by atoms with Gasteiger partial charge in [-0.15, -0.1) is 0 Å². The first kappa shape index (κ1) is 104. The van der Waals surface area contributed by atoms with Crippen molar-refractivity contribution in [3.8, 4) is 0 Å². The molecular weight excluding hydrogens is 1510 g/mol. The number of nitrogens with zero attached hydrogens (tertiary/aromatic N) is 4.